The third-order valence-corrected chi connectivity index (χ3v) is 1.03. The lowest BCUT2D eigenvalue weighted by Gasteiger charge is -2.06. The molecular weight excluding hydrogens is 156 g/mol. The van der Waals surface area contributed by atoms with Gasteiger partial charge in [-0.05, 0) is 13.8 Å². The largest absolute Gasteiger partial charge is 0.459 e. The Hall–Kier alpha value is -1.32. The van der Waals surface area contributed by atoms with Crippen molar-refractivity contribution < 1.29 is 9.53 Å². The van der Waals surface area contributed by atoms with Gasteiger partial charge in [0.05, 0.1) is 11.7 Å². The Kier molecular flexibility index (Phi) is 4.76. The van der Waals surface area contributed by atoms with Gasteiger partial charge in [0.25, 0.3) is 0 Å². The lowest BCUT2D eigenvalue weighted by molar-refractivity contribution is -0.141. The Morgan fingerprint density at radius 3 is 2.50 bits per heavy atom. The van der Waals surface area contributed by atoms with E-state index in [-0.39, 0.29) is 11.7 Å². The molecule has 4 nitrogen and oxygen atoms in total. The molecule has 0 atom stereocenters. The summed E-state index contributed by atoms with van der Waals surface area (Å²) in [6, 6.07) is 0. The van der Waals surface area contributed by atoms with Crippen LogP contribution in [0.5, 0.6) is 0 Å². The highest BCUT2D eigenvalue weighted by molar-refractivity contribution is 6.09. The van der Waals surface area contributed by atoms with Crippen LogP contribution in [0.2, 0.25) is 0 Å². The van der Waals surface area contributed by atoms with E-state index in [0.717, 1.165) is 0 Å². The molecule has 12 heavy (non-hydrogen) atoms. The number of carbonyl (C=O) groups is 1. The van der Waals surface area contributed by atoms with Crippen molar-refractivity contribution in [2.75, 3.05) is 7.05 Å². The van der Waals surface area contributed by atoms with E-state index in [1.165, 1.54) is 12.4 Å². The summed E-state index contributed by atoms with van der Waals surface area (Å²) in [5, 5.41) is 0. The molecule has 68 valence electrons. The van der Waals surface area contributed by atoms with Crippen molar-refractivity contribution in [3.05, 3.63) is 11.8 Å². The molecule has 2 N–H and O–H groups in total. The maximum Gasteiger partial charge on any atom is 0.341 e. The van der Waals surface area contributed by atoms with E-state index < -0.39 is 5.97 Å². The first-order valence-electron chi connectivity index (χ1n) is 3.66. The monoisotopic (exact) mass is 170 g/mol. The first-order valence-corrected chi connectivity index (χ1v) is 3.66. The normalized spacial score (nSPS) is 12.5. The van der Waals surface area contributed by atoms with Crippen molar-refractivity contribution in [1.29, 1.82) is 0 Å². The first-order chi connectivity index (χ1) is 5.61. The van der Waals surface area contributed by atoms with Crippen molar-refractivity contribution in [3.8, 4) is 0 Å². The number of aliphatic imine (C=N–C) groups is 1. The zero-order valence-electron chi connectivity index (χ0n) is 7.57. The topological polar surface area (TPSA) is 64.7 Å². The van der Waals surface area contributed by atoms with Gasteiger partial charge in [-0.1, -0.05) is 0 Å². The smallest absolute Gasteiger partial charge is 0.341 e. The minimum absolute atomic E-state index is 0.141. The van der Waals surface area contributed by atoms with Crippen LogP contribution in [0.15, 0.2) is 16.8 Å². The summed E-state index contributed by atoms with van der Waals surface area (Å²) < 4.78 is 4.88. The van der Waals surface area contributed by atoms with Crippen LogP contribution in [0.1, 0.15) is 13.8 Å². The molecule has 0 heterocycles. The van der Waals surface area contributed by atoms with Crippen LogP contribution in [0.25, 0.3) is 0 Å². The summed E-state index contributed by atoms with van der Waals surface area (Å²) in [5.41, 5.74) is 5.45. The molecule has 0 aliphatic heterocycles. The highest BCUT2D eigenvalue weighted by Gasteiger charge is 2.09. The zero-order valence-corrected chi connectivity index (χ0v) is 7.57. The predicted molar refractivity (Wildman–Crippen MR) is 47.9 cm³/mol. The third kappa shape index (κ3) is 3.75. The summed E-state index contributed by atoms with van der Waals surface area (Å²) in [6.45, 7) is 3.55. The molecule has 0 spiro atoms. The minimum atomic E-state index is -0.446. The number of nitrogens with two attached hydrogens (primary N) is 1. The Balaban J connectivity index is 4.24. The van der Waals surface area contributed by atoms with Crippen LogP contribution in [0.3, 0.4) is 0 Å². The van der Waals surface area contributed by atoms with E-state index in [2.05, 4.69) is 4.99 Å². The maximum absolute atomic E-state index is 11.1. The van der Waals surface area contributed by atoms with E-state index in [4.69, 9.17) is 10.5 Å². The molecular formula is C8H14N2O2. The molecule has 0 amide bonds. The molecule has 0 aromatic heterocycles. The molecule has 0 fully saturated rings. The van der Waals surface area contributed by atoms with Crippen LogP contribution in [0, 0.1) is 0 Å². The van der Waals surface area contributed by atoms with E-state index in [1.807, 2.05) is 0 Å². The van der Waals surface area contributed by atoms with Gasteiger partial charge >= 0.3 is 5.97 Å². The van der Waals surface area contributed by atoms with Gasteiger partial charge in [-0.15, -0.1) is 0 Å². The second-order valence-corrected chi connectivity index (χ2v) is 2.46. The number of nitrogens with zero attached hydrogens (tertiary/aromatic N) is 1. The van der Waals surface area contributed by atoms with Gasteiger partial charge in [-0.3, -0.25) is 4.99 Å². The average Bonchev–Trinajstić information content (AvgIpc) is 1.98. The highest BCUT2D eigenvalue weighted by Crippen LogP contribution is 1.97. The Bertz CT molecular complexity index is 207. The lowest BCUT2D eigenvalue weighted by atomic mass is 10.3. The van der Waals surface area contributed by atoms with Crippen molar-refractivity contribution in [3.63, 3.8) is 0 Å². The lowest BCUT2D eigenvalue weighted by Crippen LogP contribution is -2.15. The fraction of sp³-hybridized carbons (Fsp3) is 0.500. The van der Waals surface area contributed by atoms with Gasteiger partial charge < -0.3 is 10.5 Å². The van der Waals surface area contributed by atoms with Gasteiger partial charge in [0.2, 0.25) is 0 Å². The molecule has 0 aliphatic carbocycles. The molecule has 0 saturated heterocycles. The molecule has 0 unspecified atom stereocenters. The standard InChI is InChI=1S/C8H14N2O2/c1-6(2)12-8(11)7(4-9)5-10-3/h4-6H,9H2,1-3H3. The quantitative estimate of drug-likeness (QED) is 0.380. The molecule has 0 saturated carbocycles. The fourth-order valence-corrected chi connectivity index (χ4v) is 0.585. The summed E-state index contributed by atoms with van der Waals surface area (Å²) >= 11 is 0. The third-order valence-electron chi connectivity index (χ3n) is 1.03. The molecule has 0 aromatic carbocycles. The van der Waals surface area contributed by atoms with E-state index in [9.17, 15) is 4.79 Å². The number of carbonyl (C=O) groups excluding carboxylic acids is 1. The summed E-state index contributed by atoms with van der Waals surface area (Å²) in [4.78, 5) is 14.8. The summed E-state index contributed by atoms with van der Waals surface area (Å²) in [7, 11) is 1.56. The number of esters is 1. The van der Waals surface area contributed by atoms with Crippen molar-refractivity contribution in [2.24, 2.45) is 10.7 Å². The van der Waals surface area contributed by atoms with E-state index in [0.29, 0.717) is 0 Å². The van der Waals surface area contributed by atoms with Gasteiger partial charge in [-0.25, -0.2) is 4.79 Å². The van der Waals surface area contributed by atoms with Crippen LogP contribution < -0.4 is 5.73 Å². The van der Waals surface area contributed by atoms with Crippen molar-refractivity contribution in [1.82, 2.24) is 0 Å². The van der Waals surface area contributed by atoms with Crippen molar-refractivity contribution in [2.45, 2.75) is 20.0 Å². The van der Waals surface area contributed by atoms with Crippen LogP contribution in [-0.4, -0.2) is 25.3 Å². The number of rotatable bonds is 3. The summed E-state index contributed by atoms with van der Waals surface area (Å²) in [5.74, 6) is -0.446. The zero-order chi connectivity index (χ0) is 9.56. The first kappa shape index (κ1) is 10.7. The highest BCUT2D eigenvalue weighted by atomic mass is 16.5. The van der Waals surface area contributed by atoms with Crippen LogP contribution >= 0.6 is 0 Å². The number of hydrogen-bond donors (Lipinski definition) is 1. The SMILES string of the molecule is CN=CC(=CN)C(=O)OC(C)C. The number of hydrogen-bond acceptors (Lipinski definition) is 4. The Morgan fingerprint density at radius 2 is 2.17 bits per heavy atom. The Morgan fingerprint density at radius 1 is 1.58 bits per heavy atom. The Labute approximate surface area is 72.1 Å². The van der Waals surface area contributed by atoms with E-state index >= 15 is 0 Å². The van der Waals surface area contributed by atoms with Crippen molar-refractivity contribution >= 4 is 12.2 Å². The second-order valence-electron chi connectivity index (χ2n) is 2.46. The van der Waals surface area contributed by atoms with Gasteiger partial charge in [0, 0.05) is 19.5 Å². The average molecular weight is 170 g/mol. The van der Waals surface area contributed by atoms with Crippen LogP contribution in [-0.2, 0) is 9.53 Å². The second kappa shape index (κ2) is 5.35. The maximum atomic E-state index is 11.1. The molecule has 4 heteroatoms. The van der Waals surface area contributed by atoms with Gasteiger partial charge in [-0.2, -0.15) is 0 Å². The van der Waals surface area contributed by atoms with E-state index in [1.54, 1.807) is 20.9 Å². The minimum Gasteiger partial charge on any atom is -0.459 e. The predicted octanol–water partition coefficient (Wildman–Crippen LogP) is 0.481. The summed E-state index contributed by atoms with van der Waals surface area (Å²) in [6.07, 6.45) is 2.40. The molecule has 0 aliphatic rings. The molecule has 0 bridgehead atoms. The van der Waals surface area contributed by atoms with Crippen LogP contribution in [0.4, 0.5) is 0 Å². The molecule has 0 rings (SSSR count). The molecule has 0 aromatic rings. The fourth-order valence-electron chi connectivity index (χ4n) is 0.585. The molecule has 0 radical (unpaired) electrons. The van der Waals surface area contributed by atoms with Gasteiger partial charge in [0.1, 0.15) is 0 Å². The number of ether oxygens (including phenoxy) is 1. The van der Waals surface area contributed by atoms with Gasteiger partial charge in [0.15, 0.2) is 0 Å².